The molecular weight excluding hydrogens is 624 g/mol. The second-order valence-corrected chi connectivity index (χ2v) is 10.0. The number of aliphatic carboxylic acids is 1. The third-order valence-electron chi connectivity index (χ3n) is 4.78. The molecule has 0 fully saturated rings. The molecule has 0 aliphatic heterocycles. The molecule has 1 unspecified atom stereocenters. The van der Waals surface area contributed by atoms with Crippen LogP contribution in [0, 0.1) is 0 Å². The summed E-state index contributed by atoms with van der Waals surface area (Å²) in [5.41, 5.74) is 21.1. The Morgan fingerprint density at radius 1 is 0.773 bits per heavy atom. The van der Waals surface area contributed by atoms with Crippen LogP contribution in [-0.4, -0.2) is 88.4 Å². The number of carboxylic acids is 1. The third kappa shape index (κ3) is 13.5. The van der Waals surface area contributed by atoms with Crippen LogP contribution in [0.1, 0.15) is 46.7 Å². The van der Waals surface area contributed by atoms with Crippen molar-refractivity contribution in [2.45, 2.75) is 31.9 Å². The summed E-state index contributed by atoms with van der Waals surface area (Å²) in [6.45, 7) is -0.316. The fourth-order valence-corrected chi connectivity index (χ4v) is 4.34. The lowest BCUT2D eigenvalue weighted by Crippen LogP contribution is -2.41. The predicted molar refractivity (Wildman–Crippen MR) is 157 cm³/mol. The summed E-state index contributed by atoms with van der Waals surface area (Å²) in [6.07, 6.45) is -2.93. The highest BCUT2D eigenvalue weighted by atomic mass is 32.1. The molecule has 0 bridgehead atoms. The number of carbonyl (C=O) groups is 6. The summed E-state index contributed by atoms with van der Waals surface area (Å²) in [4.78, 5) is 87.1. The molecule has 22 heteroatoms. The summed E-state index contributed by atoms with van der Waals surface area (Å²) in [6, 6.07) is 0. The molecule has 0 saturated carbocycles. The monoisotopic (exact) mass is 654 g/mol. The summed E-state index contributed by atoms with van der Waals surface area (Å²) in [7, 11) is 0. The molecule has 4 amide bonds. The number of nitrogens with one attached hydrogen (secondary N) is 4. The normalized spacial score (nSPS) is 10.9. The van der Waals surface area contributed by atoms with Gasteiger partial charge in [-0.1, -0.05) is 0 Å². The third-order valence-corrected chi connectivity index (χ3v) is 6.25. The first-order chi connectivity index (χ1) is 20.8. The van der Waals surface area contributed by atoms with Crippen LogP contribution in [0.15, 0.2) is 20.7 Å². The number of nitrogens with two attached hydrogens (primary N) is 4. The largest absolute Gasteiger partial charge is 0.481 e. The number of nitrogens with zero attached hydrogens (tertiary/aromatic N) is 4. The van der Waals surface area contributed by atoms with E-state index in [0.29, 0.717) is 0 Å². The quantitative estimate of drug-likeness (QED) is 0.0363. The second kappa shape index (κ2) is 17.5. The van der Waals surface area contributed by atoms with Crippen LogP contribution >= 0.6 is 22.7 Å². The van der Waals surface area contributed by atoms with E-state index in [1.807, 2.05) is 0 Å². The zero-order valence-corrected chi connectivity index (χ0v) is 24.5. The van der Waals surface area contributed by atoms with Gasteiger partial charge in [-0.05, 0) is 0 Å². The van der Waals surface area contributed by atoms with E-state index in [0.717, 1.165) is 22.7 Å². The van der Waals surface area contributed by atoms with Gasteiger partial charge in [0.25, 0.3) is 11.8 Å². The van der Waals surface area contributed by atoms with Crippen LogP contribution in [0.2, 0.25) is 0 Å². The molecule has 0 aliphatic carbocycles. The van der Waals surface area contributed by atoms with Gasteiger partial charge in [0.15, 0.2) is 18.1 Å². The molecule has 0 radical (unpaired) electrons. The van der Waals surface area contributed by atoms with Crippen molar-refractivity contribution in [3.8, 4) is 0 Å². The highest BCUT2D eigenvalue weighted by Crippen LogP contribution is 2.19. The number of thiazole rings is 2. The Balaban J connectivity index is 1.68. The number of guanidine groups is 2. The Kier molecular flexibility index (Phi) is 13.9. The molecular formula is C22H30N12O8S2. The van der Waals surface area contributed by atoms with Crippen molar-refractivity contribution < 1.29 is 38.6 Å². The minimum absolute atomic E-state index is 0.0275. The van der Waals surface area contributed by atoms with Gasteiger partial charge in [-0.25, -0.2) is 9.97 Å². The minimum Gasteiger partial charge on any atom is -0.481 e. The van der Waals surface area contributed by atoms with E-state index in [2.05, 4.69) is 41.2 Å². The van der Waals surface area contributed by atoms with E-state index in [-0.39, 0.29) is 72.5 Å². The van der Waals surface area contributed by atoms with E-state index in [1.165, 1.54) is 10.8 Å². The van der Waals surface area contributed by atoms with Crippen LogP contribution in [0.25, 0.3) is 0 Å². The zero-order valence-electron chi connectivity index (χ0n) is 22.9. The van der Waals surface area contributed by atoms with E-state index in [1.54, 1.807) is 0 Å². The van der Waals surface area contributed by atoms with Crippen LogP contribution in [0.5, 0.6) is 0 Å². The molecule has 238 valence electrons. The maximum absolute atomic E-state index is 12.2. The standard InChI is InChI=1S/C22H30N12O8S2/c23-19(24)33-21-30-10(8-43-21)17(40)28-4-1-12(35)27-6-3-16(39)42-14(7-15(37)38)32-13(36)2-5-29-18(41)11-9-44-22(31-11)34-20(25)26/h8-9,14H,1-7H2,(H,27,35)(H,28,40)(H,29,41)(H,32,36)(H,37,38)(H4,23,24,30,33)(H4,25,26,31,34). The molecule has 0 aliphatic rings. The second-order valence-electron chi connectivity index (χ2n) is 8.36. The summed E-state index contributed by atoms with van der Waals surface area (Å²) < 4.78 is 5.01. The fraction of sp³-hybridized carbons (Fsp3) is 0.364. The molecule has 1 atom stereocenters. The maximum atomic E-state index is 12.2. The van der Waals surface area contributed by atoms with Crippen molar-refractivity contribution in [1.82, 2.24) is 31.2 Å². The van der Waals surface area contributed by atoms with Crippen LogP contribution in [0.3, 0.4) is 0 Å². The van der Waals surface area contributed by atoms with Crippen LogP contribution in [-0.2, 0) is 23.9 Å². The first-order valence-electron chi connectivity index (χ1n) is 12.5. The summed E-state index contributed by atoms with van der Waals surface area (Å²) in [5.74, 6) is -5.00. The van der Waals surface area contributed by atoms with E-state index in [4.69, 9.17) is 32.8 Å². The molecule has 2 rings (SSSR count). The Labute approximate surface area is 256 Å². The number of rotatable bonds is 17. The molecule has 2 heterocycles. The van der Waals surface area contributed by atoms with Gasteiger partial charge in [-0.2, -0.15) is 9.98 Å². The number of aliphatic imine (C=N–C) groups is 2. The summed E-state index contributed by atoms with van der Waals surface area (Å²) >= 11 is 2.08. The highest BCUT2D eigenvalue weighted by molar-refractivity contribution is 7.14. The average molecular weight is 655 g/mol. The maximum Gasteiger partial charge on any atom is 0.309 e. The smallest absolute Gasteiger partial charge is 0.309 e. The number of hydrogen-bond donors (Lipinski definition) is 9. The van der Waals surface area contributed by atoms with Gasteiger partial charge >= 0.3 is 11.9 Å². The van der Waals surface area contributed by atoms with Gasteiger partial charge < -0.3 is 54.0 Å². The molecule has 20 nitrogen and oxygen atoms in total. The molecule has 13 N–H and O–H groups in total. The van der Waals surface area contributed by atoms with Crippen molar-refractivity contribution in [3.63, 3.8) is 0 Å². The van der Waals surface area contributed by atoms with Crippen molar-refractivity contribution in [3.05, 3.63) is 22.1 Å². The molecule has 0 saturated heterocycles. The zero-order chi connectivity index (χ0) is 32.6. The molecule has 44 heavy (non-hydrogen) atoms. The first kappa shape index (κ1) is 34.8. The number of carbonyl (C=O) groups excluding carboxylic acids is 5. The van der Waals surface area contributed by atoms with Gasteiger partial charge in [0.2, 0.25) is 22.1 Å². The lowest BCUT2D eigenvalue weighted by Gasteiger charge is -2.18. The van der Waals surface area contributed by atoms with Crippen LogP contribution in [0.4, 0.5) is 10.3 Å². The van der Waals surface area contributed by atoms with Gasteiger partial charge in [-0.3, -0.25) is 28.8 Å². The predicted octanol–water partition coefficient (Wildman–Crippen LogP) is -2.68. The number of esters is 1. The van der Waals surface area contributed by atoms with Crippen molar-refractivity contribution in [2.24, 2.45) is 32.9 Å². The van der Waals surface area contributed by atoms with Gasteiger partial charge in [0.1, 0.15) is 17.8 Å². The number of aromatic nitrogens is 2. The molecule has 0 aromatic carbocycles. The topological polar surface area (TPSA) is 335 Å². The Hall–Kier alpha value is -5.38. The van der Waals surface area contributed by atoms with Gasteiger partial charge in [0.05, 0.1) is 6.42 Å². The van der Waals surface area contributed by atoms with Gasteiger partial charge in [-0.15, -0.1) is 22.7 Å². The minimum atomic E-state index is -1.49. The molecule has 0 spiro atoms. The average Bonchev–Trinajstić information content (AvgIpc) is 3.57. The lowest BCUT2D eigenvalue weighted by atomic mass is 10.3. The number of ether oxygens (including phenoxy) is 1. The number of hydrogen-bond acceptors (Lipinski definition) is 13. The Morgan fingerprint density at radius 2 is 1.25 bits per heavy atom. The molecule has 2 aromatic heterocycles. The van der Waals surface area contributed by atoms with Crippen molar-refractivity contribution in [2.75, 3.05) is 19.6 Å². The van der Waals surface area contributed by atoms with Crippen molar-refractivity contribution >= 4 is 80.4 Å². The van der Waals surface area contributed by atoms with E-state index < -0.39 is 48.2 Å². The first-order valence-corrected chi connectivity index (χ1v) is 14.2. The van der Waals surface area contributed by atoms with E-state index >= 15 is 0 Å². The summed E-state index contributed by atoms with van der Waals surface area (Å²) in [5, 5.41) is 22.0. The highest BCUT2D eigenvalue weighted by Gasteiger charge is 2.21. The van der Waals surface area contributed by atoms with E-state index in [9.17, 15) is 28.8 Å². The van der Waals surface area contributed by atoms with Crippen molar-refractivity contribution in [1.29, 1.82) is 0 Å². The fourth-order valence-electron chi connectivity index (χ4n) is 2.96. The number of carboxylic acid groups (broad SMARTS) is 1. The number of amides is 4. The lowest BCUT2D eigenvalue weighted by molar-refractivity contribution is -0.155. The molecule has 2 aromatic rings. The van der Waals surface area contributed by atoms with Crippen LogP contribution < -0.4 is 44.2 Å². The Bertz CT molecular complexity index is 1420. The SMILES string of the molecule is NC(N)=Nc1nc(C(=O)NCCC(=O)NCCC(=O)OC(CC(=O)O)NC(=O)CCNC(=O)c2csc(N=C(N)N)n2)cs1. The van der Waals surface area contributed by atoms with Gasteiger partial charge in [0, 0.05) is 43.2 Å². The Morgan fingerprint density at radius 3 is 1.73 bits per heavy atom.